The van der Waals surface area contributed by atoms with E-state index in [0.29, 0.717) is 0 Å². The molecule has 0 unspecified atom stereocenters. The fourth-order valence-electron chi connectivity index (χ4n) is 3.03. The molecule has 0 radical (unpaired) electrons. The predicted octanol–water partition coefficient (Wildman–Crippen LogP) is 3.47. The van der Waals surface area contributed by atoms with Gasteiger partial charge in [0, 0.05) is 12.1 Å². The van der Waals surface area contributed by atoms with Gasteiger partial charge in [0.2, 0.25) is 0 Å². The monoisotopic (exact) mass is 323 g/mol. The number of aliphatic carboxylic acids is 1. The highest BCUT2D eigenvalue weighted by atomic mass is 16.6. The van der Waals surface area contributed by atoms with Gasteiger partial charge in [-0.25, -0.2) is 4.79 Å². The number of ether oxygens (including phenoxy) is 1. The van der Waals surface area contributed by atoms with Gasteiger partial charge in [0.25, 0.3) is 0 Å². The third-order valence-electron chi connectivity index (χ3n) is 4.10. The summed E-state index contributed by atoms with van der Waals surface area (Å²) in [5.74, 6) is -1.18. The van der Waals surface area contributed by atoms with Crippen LogP contribution in [0.4, 0.5) is 4.79 Å². The molecule has 0 fully saturated rings. The molecule has 122 valence electrons. The number of fused-ring (bicyclic) bond motifs is 3. The maximum absolute atomic E-state index is 12.1. The van der Waals surface area contributed by atoms with E-state index in [1.807, 2.05) is 36.4 Å². The minimum atomic E-state index is -1.12. The number of carboxylic acids is 1. The van der Waals surface area contributed by atoms with Crippen molar-refractivity contribution in [1.82, 2.24) is 4.90 Å². The number of carboxylic acid groups (broad SMARTS) is 1. The van der Waals surface area contributed by atoms with Gasteiger partial charge in [0.15, 0.2) is 0 Å². The fraction of sp³-hybridized carbons (Fsp3) is 0.158. The highest BCUT2D eigenvalue weighted by molar-refractivity contribution is 5.80. The third kappa shape index (κ3) is 2.88. The van der Waals surface area contributed by atoms with Crippen LogP contribution in [0.5, 0.6) is 0 Å². The van der Waals surface area contributed by atoms with Crippen molar-refractivity contribution in [3.8, 4) is 11.1 Å². The zero-order chi connectivity index (χ0) is 17.1. The van der Waals surface area contributed by atoms with Crippen LogP contribution in [0.2, 0.25) is 0 Å². The molecule has 0 aromatic heterocycles. The highest BCUT2D eigenvalue weighted by Crippen LogP contribution is 2.44. The number of rotatable bonds is 5. The molecular weight excluding hydrogens is 306 g/mol. The number of carbonyl (C=O) groups is 2. The van der Waals surface area contributed by atoms with Gasteiger partial charge in [-0.15, -0.1) is 0 Å². The Morgan fingerprint density at radius 3 is 2.12 bits per heavy atom. The van der Waals surface area contributed by atoms with Crippen LogP contribution in [0.25, 0.3) is 11.1 Å². The zero-order valence-corrected chi connectivity index (χ0v) is 13.0. The first-order valence-electron chi connectivity index (χ1n) is 7.57. The van der Waals surface area contributed by atoms with E-state index in [-0.39, 0.29) is 12.5 Å². The van der Waals surface area contributed by atoms with Crippen LogP contribution in [-0.2, 0) is 9.53 Å². The first-order chi connectivity index (χ1) is 11.6. The van der Waals surface area contributed by atoms with Gasteiger partial charge in [-0.1, -0.05) is 55.1 Å². The first-order valence-corrected chi connectivity index (χ1v) is 7.57. The largest absolute Gasteiger partial charge is 0.480 e. The van der Waals surface area contributed by atoms with Crippen molar-refractivity contribution in [1.29, 1.82) is 0 Å². The Hall–Kier alpha value is -3.08. The van der Waals surface area contributed by atoms with Crippen molar-refractivity contribution >= 4 is 12.1 Å². The Bertz CT molecular complexity index is 754. The second-order valence-corrected chi connectivity index (χ2v) is 5.51. The summed E-state index contributed by atoms with van der Waals surface area (Å²) in [5.41, 5.74) is 4.49. The van der Waals surface area contributed by atoms with E-state index >= 15 is 0 Å². The maximum atomic E-state index is 12.1. The average molecular weight is 323 g/mol. The molecule has 1 amide bonds. The normalized spacial score (nSPS) is 12.2. The molecular formula is C19H17NO4. The Kier molecular flexibility index (Phi) is 4.33. The lowest BCUT2D eigenvalue weighted by atomic mass is 9.98. The lowest BCUT2D eigenvalue weighted by molar-refractivity contribution is -0.137. The van der Waals surface area contributed by atoms with Crippen molar-refractivity contribution in [3.05, 3.63) is 72.4 Å². The molecule has 1 aliphatic rings. The summed E-state index contributed by atoms with van der Waals surface area (Å²) in [6.45, 7) is 3.13. The number of hydrogen-bond acceptors (Lipinski definition) is 3. The van der Waals surface area contributed by atoms with Gasteiger partial charge in [0.1, 0.15) is 13.2 Å². The van der Waals surface area contributed by atoms with E-state index in [0.717, 1.165) is 33.4 Å². The molecule has 2 aromatic carbocycles. The summed E-state index contributed by atoms with van der Waals surface area (Å²) in [6.07, 6.45) is 0.446. The predicted molar refractivity (Wildman–Crippen MR) is 89.6 cm³/mol. The Morgan fingerprint density at radius 1 is 1.08 bits per heavy atom. The second kappa shape index (κ2) is 6.58. The van der Waals surface area contributed by atoms with Gasteiger partial charge in [-0.2, -0.15) is 0 Å². The van der Waals surface area contributed by atoms with Gasteiger partial charge in [-0.3, -0.25) is 9.69 Å². The molecule has 0 saturated carbocycles. The molecule has 0 spiro atoms. The van der Waals surface area contributed by atoms with Crippen molar-refractivity contribution in [2.45, 2.75) is 5.92 Å². The lowest BCUT2D eigenvalue weighted by Gasteiger charge is -2.18. The number of nitrogens with zero attached hydrogens (tertiary/aromatic N) is 1. The molecule has 0 atom stereocenters. The molecule has 0 bridgehead atoms. The van der Waals surface area contributed by atoms with Crippen LogP contribution in [0.3, 0.4) is 0 Å². The molecule has 1 N–H and O–H groups in total. The van der Waals surface area contributed by atoms with E-state index in [2.05, 4.69) is 18.7 Å². The number of hydrogen-bond donors (Lipinski definition) is 1. The van der Waals surface area contributed by atoms with Crippen LogP contribution in [0.1, 0.15) is 17.0 Å². The molecule has 0 saturated heterocycles. The molecule has 24 heavy (non-hydrogen) atoms. The van der Waals surface area contributed by atoms with Crippen LogP contribution in [0, 0.1) is 0 Å². The molecule has 0 aliphatic heterocycles. The zero-order valence-electron chi connectivity index (χ0n) is 13.0. The third-order valence-corrected chi connectivity index (χ3v) is 4.10. The summed E-state index contributed by atoms with van der Waals surface area (Å²) < 4.78 is 5.35. The molecule has 2 aromatic rings. The standard InChI is InChI=1S/C19H17NO4/c1-2-20(11-18(21)22)19(23)24-12-17-15-9-5-3-7-13(15)14-8-4-6-10-16(14)17/h2-10,17H,1,11-12H2,(H,21,22). The number of benzene rings is 2. The SMILES string of the molecule is C=CN(CC(=O)O)C(=O)OCC1c2ccccc2-c2ccccc21. The van der Waals surface area contributed by atoms with Crippen molar-refractivity contribution in [2.75, 3.05) is 13.2 Å². The summed E-state index contributed by atoms with van der Waals surface area (Å²) in [4.78, 5) is 23.8. The van der Waals surface area contributed by atoms with Gasteiger partial charge in [0.05, 0.1) is 0 Å². The fourth-order valence-corrected chi connectivity index (χ4v) is 3.03. The van der Waals surface area contributed by atoms with E-state index in [1.54, 1.807) is 0 Å². The second-order valence-electron chi connectivity index (χ2n) is 5.51. The van der Waals surface area contributed by atoms with Gasteiger partial charge >= 0.3 is 12.1 Å². The van der Waals surface area contributed by atoms with Crippen LogP contribution >= 0.6 is 0 Å². The van der Waals surface area contributed by atoms with Gasteiger partial charge in [-0.05, 0) is 22.3 Å². The Morgan fingerprint density at radius 2 is 1.62 bits per heavy atom. The molecule has 1 aliphatic carbocycles. The van der Waals surface area contributed by atoms with E-state index < -0.39 is 18.6 Å². The molecule has 5 heteroatoms. The number of amides is 1. The van der Waals surface area contributed by atoms with E-state index in [9.17, 15) is 9.59 Å². The topological polar surface area (TPSA) is 66.8 Å². The maximum Gasteiger partial charge on any atom is 0.414 e. The smallest absolute Gasteiger partial charge is 0.414 e. The van der Waals surface area contributed by atoms with Crippen LogP contribution < -0.4 is 0 Å². The molecule has 3 rings (SSSR count). The minimum absolute atomic E-state index is 0.0576. The minimum Gasteiger partial charge on any atom is -0.480 e. The number of carbonyl (C=O) groups excluding carboxylic acids is 1. The van der Waals surface area contributed by atoms with Gasteiger partial charge < -0.3 is 9.84 Å². The summed E-state index contributed by atoms with van der Waals surface area (Å²) in [7, 11) is 0. The van der Waals surface area contributed by atoms with Crippen LogP contribution in [-0.4, -0.2) is 35.2 Å². The van der Waals surface area contributed by atoms with Crippen molar-refractivity contribution in [2.24, 2.45) is 0 Å². The van der Waals surface area contributed by atoms with E-state index in [4.69, 9.17) is 9.84 Å². The van der Waals surface area contributed by atoms with Crippen molar-refractivity contribution in [3.63, 3.8) is 0 Å². The molecule has 5 nitrogen and oxygen atoms in total. The first kappa shape index (κ1) is 15.8. The Labute approximate surface area is 139 Å². The quantitative estimate of drug-likeness (QED) is 0.915. The Balaban J connectivity index is 1.79. The van der Waals surface area contributed by atoms with E-state index in [1.165, 1.54) is 0 Å². The summed E-state index contributed by atoms with van der Waals surface area (Å²) in [6, 6.07) is 16.0. The van der Waals surface area contributed by atoms with Crippen LogP contribution in [0.15, 0.2) is 61.3 Å². The highest BCUT2D eigenvalue weighted by Gasteiger charge is 2.29. The molecule has 0 heterocycles. The summed E-state index contributed by atoms with van der Waals surface area (Å²) in [5, 5.41) is 8.81. The summed E-state index contributed by atoms with van der Waals surface area (Å²) >= 11 is 0. The average Bonchev–Trinajstić information content (AvgIpc) is 2.91. The lowest BCUT2D eigenvalue weighted by Crippen LogP contribution is -2.32. The van der Waals surface area contributed by atoms with Crippen molar-refractivity contribution < 1.29 is 19.4 Å².